The van der Waals surface area contributed by atoms with Crippen LogP contribution in [0.4, 0.5) is 0 Å². The highest BCUT2D eigenvalue weighted by atomic mass is 16.5. The van der Waals surface area contributed by atoms with Crippen LogP contribution >= 0.6 is 0 Å². The Morgan fingerprint density at radius 3 is 1.47 bits per heavy atom. The number of H-pyrrole nitrogens is 2. The molecule has 2 aliphatic heterocycles. The Balaban J connectivity index is 2.02. The maximum Gasteiger partial charge on any atom is 0.340 e. The number of aromatic nitrogens is 4. The van der Waals surface area contributed by atoms with Crippen LogP contribution in [0.2, 0.25) is 0 Å². The topological polar surface area (TPSA) is 189 Å². The molecule has 266 valence electrons. The number of aromatic amines is 2. The fourth-order valence-corrected chi connectivity index (χ4v) is 6.14. The van der Waals surface area contributed by atoms with Crippen LogP contribution < -0.4 is 0 Å². The third kappa shape index (κ3) is 7.16. The van der Waals surface area contributed by atoms with Gasteiger partial charge in [0, 0.05) is 22.1 Å². The van der Waals surface area contributed by atoms with Crippen LogP contribution in [-0.2, 0) is 55.7 Å². The summed E-state index contributed by atoms with van der Waals surface area (Å²) in [7, 11) is 6.37. The largest absolute Gasteiger partial charge is 0.469 e. The fourth-order valence-electron chi connectivity index (χ4n) is 6.14. The molecular weight excluding hydrogens is 660 g/mol. The van der Waals surface area contributed by atoms with E-state index in [0.29, 0.717) is 78.3 Å². The van der Waals surface area contributed by atoms with Gasteiger partial charge in [0.25, 0.3) is 0 Å². The SMILES string of the molecule is COC(=O)CC1=C(C)c2cc3[nH]c(cc4[nH]c(cc5nc(cc1n2)C(C)=C5CC(=O)OC)c(C)c4CC(=O)OC)c(C(=O)OC)c3CC(=O)OC. The number of fused-ring (bicyclic) bond motifs is 8. The van der Waals surface area contributed by atoms with Gasteiger partial charge in [0.2, 0.25) is 0 Å². The summed E-state index contributed by atoms with van der Waals surface area (Å²) in [5, 5.41) is 0. The third-order valence-electron chi connectivity index (χ3n) is 9.10. The molecule has 0 fully saturated rings. The molecule has 0 amide bonds. The van der Waals surface area contributed by atoms with Crippen molar-refractivity contribution in [3.63, 3.8) is 0 Å². The van der Waals surface area contributed by atoms with Gasteiger partial charge in [-0.2, -0.15) is 0 Å². The summed E-state index contributed by atoms with van der Waals surface area (Å²) in [6, 6.07) is 6.83. The van der Waals surface area contributed by atoms with Crippen LogP contribution in [-0.4, -0.2) is 85.3 Å². The van der Waals surface area contributed by atoms with Crippen LogP contribution in [0, 0.1) is 6.92 Å². The van der Waals surface area contributed by atoms with Crippen LogP contribution in [0.5, 0.6) is 0 Å². The van der Waals surface area contributed by atoms with Gasteiger partial charge in [0.05, 0.1) is 95.1 Å². The summed E-state index contributed by atoms with van der Waals surface area (Å²) in [5.74, 6) is -2.77. The standard InChI is InChI=1S/C37H38N4O10/c1-17-20(9-32(42)47-4)27-14-25-19(3)22(11-34(44)49-6)29(40-25)16-31-36(37(46)51-8)23(12-35(45)50-7)30(41-31)15-26-18(2)21(10-33(43)48-5)28(39-26)13-24(17)38-27/h13-16,40-41H,9-12H2,1-8H3. The number of hydrogen-bond acceptors (Lipinski definition) is 12. The molecule has 51 heavy (non-hydrogen) atoms. The molecule has 8 bridgehead atoms. The number of hydrogen-bond donors (Lipinski definition) is 2. The number of nitrogens with zero attached hydrogens (tertiary/aromatic N) is 2. The Hall–Kier alpha value is -6.05. The van der Waals surface area contributed by atoms with E-state index in [1.165, 1.54) is 35.5 Å². The van der Waals surface area contributed by atoms with Crippen molar-refractivity contribution < 1.29 is 47.7 Å². The molecular formula is C37H38N4O10. The van der Waals surface area contributed by atoms with Crippen LogP contribution in [0.1, 0.15) is 76.5 Å². The Morgan fingerprint density at radius 2 is 0.941 bits per heavy atom. The molecule has 0 atom stereocenters. The number of carbonyl (C=O) groups is 5. The van der Waals surface area contributed by atoms with E-state index < -0.39 is 29.8 Å². The van der Waals surface area contributed by atoms with Crippen LogP contribution in [0.15, 0.2) is 24.3 Å². The highest BCUT2D eigenvalue weighted by molar-refractivity contribution is 6.05. The maximum atomic E-state index is 13.4. The van der Waals surface area contributed by atoms with Gasteiger partial charge >= 0.3 is 29.8 Å². The molecule has 14 heteroatoms. The quantitative estimate of drug-likeness (QED) is 0.229. The average Bonchev–Trinajstić information content (AvgIpc) is 3.79. The molecule has 0 aliphatic carbocycles. The first kappa shape index (κ1) is 36.2. The number of nitrogens with one attached hydrogen (secondary N) is 2. The normalized spacial score (nSPS) is 12.5. The van der Waals surface area contributed by atoms with E-state index in [2.05, 4.69) is 9.97 Å². The van der Waals surface area contributed by atoms with Crippen LogP contribution in [0.3, 0.4) is 0 Å². The smallest absolute Gasteiger partial charge is 0.340 e. The lowest BCUT2D eigenvalue weighted by Crippen LogP contribution is -2.09. The summed E-state index contributed by atoms with van der Waals surface area (Å²) < 4.78 is 25.1. The fraction of sp³-hybridized carbons (Fsp3) is 0.324. The van der Waals surface area contributed by atoms with Gasteiger partial charge in [0.1, 0.15) is 0 Å². The molecule has 0 saturated heterocycles. The van der Waals surface area contributed by atoms with Crippen molar-refractivity contribution in [2.24, 2.45) is 0 Å². The first-order valence-corrected chi connectivity index (χ1v) is 15.9. The maximum absolute atomic E-state index is 13.4. The molecule has 3 aromatic rings. The molecule has 5 heterocycles. The number of allylic oxidation sites excluding steroid dienone is 2. The van der Waals surface area contributed by atoms with Crippen molar-refractivity contribution in [2.75, 3.05) is 35.5 Å². The predicted molar refractivity (Wildman–Crippen MR) is 187 cm³/mol. The van der Waals surface area contributed by atoms with Crippen molar-refractivity contribution in [3.05, 3.63) is 69.3 Å². The third-order valence-corrected chi connectivity index (χ3v) is 9.10. The predicted octanol–water partition coefficient (Wildman–Crippen LogP) is 4.83. The molecule has 0 spiro atoms. The van der Waals surface area contributed by atoms with Crippen molar-refractivity contribution in [2.45, 2.75) is 46.5 Å². The van der Waals surface area contributed by atoms with Crippen molar-refractivity contribution in [1.82, 2.24) is 19.9 Å². The Bertz CT molecular complexity index is 2220. The van der Waals surface area contributed by atoms with E-state index in [1.807, 2.05) is 13.8 Å². The highest BCUT2D eigenvalue weighted by Gasteiger charge is 2.26. The lowest BCUT2D eigenvalue weighted by molar-refractivity contribution is -0.140. The summed E-state index contributed by atoms with van der Waals surface area (Å²) in [4.78, 5) is 80.3. The molecule has 14 nitrogen and oxygen atoms in total. The molecule has 2 N–H and O–H groups in total. The Morgan fingerprint density at radius 1 is 0.510 bits per heavy atom. The van der Waals surface area contributed by atoms with Gasteiger partial charge in [-0.3, -0.25) is 19.2 Å². The van der Waals surface area contributed by atoms with Gasteiger partial charge in [-0.1, -0.05) is 0 Å². The van der Waals surface area contributed by atoms with E-state index >= 15 is 0 Å². The lowest BCUT2D eigenvalue weighted by Gasteiger charge is -2.04. The molecule has 0 aromatic carbocycles. The monoisotopic (exact) mass is 698 g/mol. The number of ether oxygens (including phenoxy) is 5. The highest BCUT2D eigenvalue weighted by Crippen LogP contribution is 2.37. The summed E-state index contributed by atoms with van der Waals surface area (Å²) >= 11 is 0. The summed E-state index contributed by atoms with van der Waals surface area (Å²) in [6.45, 7) is 5.46. The summed E-state index contributed by atoms with van der Waals surface area (Å²) in [6.07, 6.45) is -0.558. The van der Waals surface area contributed by atoms with E-state index in [4.69, 9.17) is 33.7 Å². The second-order valence-corrected chi connectivity index (χ2v) is 11.9. The van der Waals surface area contributed by atoms with Gasteiger partial charge < -0.3 is 33.7 Å². The van der Waals surface area contributed by atoms with E-state index in [9.17, 15) is 24.0 Å². The molecule has 5 rings (SSSR count). The molecule has 0 unspecified atom stereocenters. The number of aryl methyl sites for hydroxylation is 1. The van der Waals surface area contributed by atoms with Crippen molar-refractivity contribution in [1.29, 1.82) is 0 Å². The lowest BCUT2D eigenvalue weighted by atomic mass is 10.00. The number of carbonyl (C=O) groups excluding carboxylic acids is 5. The zero-order valence-corrected chi connectivity index (χ0v) is 29.6. The van der Waals surface area contributed by atoms with E-state index in [-0.39, 0.29) is 36.8 Å². The number of methoxy groups -OCH3 is 5. The first-order chi connectivity index (χ1) is 24.3. The molecule has 2 aliphatic rings. The molecule has 0 radical (unpaired) electrons. The van der Waals surface area contributed by atoms with Gasteiger partial charge in [-0.25, -0.2) is 14.8 Å². The second-order valence-electron chi connectivity index (χ2n) is 11.9. The second kappa shape index (κ2) is 14.8. The Kier molecular flexibility index (Phi) is 10.5. The number of rotatable bonds is 9. The average molecular weight is 699 g/mol. The molecule has 3 aromatic heterocycles. The Labute approximate surface area is 292 Å². The van der Waals surface area contributed by atoms with Gasteiger partial charge in [-0.15, -0.1) is 0 Å². The molecule has 0 saturated carbocycles. The minimum Gasteiger partial charge on any atom is -0.469 e. The minimum atomic E-state index is -0.720. The number of esters is 5. The zero-order valence-electron chi connectivity index (χ0n) is 29.6. The zero-order chi connectivity index (χ0) is 37.1. The van der Waals surface area contributed by atoms with E-state index in [1.54, 1.807) is 31.2 Å². The van der Waals surface area contributed by atoms with Gasteiger partial charge in [0.15, 0.2) is 0 Å². The van der Waals surface area contributed by atoms with Crippen LogP contribution in [0.25, 0.3) is 44.4 Å². The van der Waals surface area contributed by atoms with Gasteiger partial charge in [-0.05, 0) is 78.5 Å². The van der Waals surface area contributed by atoms with Crippen molar-refractivity contribution in [3.8, 4) is 0 Å². The van der Waals surface area contributed by atoms with E-state index in [0.717, 1.165) is 0 Å². The minimum absolute atomic E-state index is 0.0688. The van der Waals surface area contributed by atoms with Crippen molar-refractivity contribution >= 4 is 74.2 Å². The summed E-state index contributed by atoms with van der Waals surface area (Å²) in [5.41, 5.74) is 7.73. The first-order valence-electron chi connectivity index (χ1n) is 15.9.